The van der Waals surface area contributed by atoms with E-state index in [9.17, 15) is 0 Å². The van der Waals surface area contributed by atoms with Gasteiger partial charge < -0.3 is 5.73 Å². The van der Waals surface area contributed by atoms with E-state index in [-0.39, 0.29) is 11.8 Å². The Bertz CT molecular complexity index is 616. The van der Waals surface area contributed by atoms with Crippen LogP contribution in [0.4, 0.5) is 0 Å². The maximum absolute atomic E-state index is 7.54. The molecule has 0 aliphatic heterocycles. The number of aryl methyl sites for hydroxylation is 1. The van der Waals surface area contributed by atoms with Crippen molar-refractivity contribution in [1.82, 2.24) is 14.7 Å². The standard InChI is InChI=1S/C16H25N5/c1-4-20(10-12(3)16(17)18)11-14-13-8-6-7-9-15(13)21(5-2)19-14/h6-9,12H,4-5,10-11H2,1-3H3,(H3,17,18). The van der Waals surface area contributed by atoms with E-state index in [2.05, 4.69) is 43.0 Å². The van der Waals surface area contributed by atoms with Gasteiger partial charge in [0, 0.05) is 30.9 Å². The summed E-state index contributed by atoms with van der Waals surface area (Å²) >= 11 is 0. The van der Waals surface area contributed by atoms with Crippen LogP contribution in [0.3, 0.4) is 0 Å². The van der Waals surface area contributed by atoms with E-state index < -0.39 is 0 Å². The molecule has 1 aromatic carbocycles. The molecule has 0 aliphatic rings. The van der Waals surface area contributed by atoms with Gasteiger partial charge in [0.2, 0.25) is 0 Å². The number of hydrogen-bond acceptors (Lipinski definition) is 3. The first kappa shape index (κ1) is 15.5. The van der Waals surface area contributed by atoms with Crippen LogP contribution in [0.2, 0.25) is 0 Å². The maximum Gasteiger partial charge on any atom is 0.0947 e. The van der Waals surface area contributed by atoms with E-state index in [4.69, 9.17) is 16.2 Å². The first-order valence-electron chi connectivity index (χ1n) is 7.57. The van der Waals surface area contributed by atoms with Gasteiger partial charge in [-0.15, -0.1) is 0 Å². The van der Waals surface area contributed by atoms with Crippen molar-refractivity contribution >= 4 is 16.7 Å². The Morgan fingerprint density at radius 2 is 2.10 bits per heavy atom. The third kappa shape index (κ3) is 3.42. The van der Waals surface area contributed by atoms with E-state index >= 15 is 0 Å². The lowest BCUT2D eigenvalue weighted by Crippen LogP contribution is -2.34. The number of rotatable bonds is 7. The fraction of sp³-hybridized carbons (Fsp3) is 0.500. The molecule has 1 heterocycles. The van der Waals surface area contributed by atoms with Gasteiger partial charge in [0.15, 0.2) is 0 Å². The second-order valence-corrected chi connectivity index (χ2v) is 5.46. The van der Waals surface area contributed by atoms with E-state index in [1.54, 1.807) is 0 Å². The monoisotopic (exact) mass is 287 g/mol. The molecular formula is C16H25N5. The normalized spacial score (nSPS) is 13.0. The minimum Gasteiger partial charge on any atom is -0.387 e. The number of fused-ring (bicyclic) bond motifs is 1. The van der Waals surface area contributed by atoms with Crippen molar-refractivity contribution in [3.05, 3.63) is 30.0 Å². The molecule has 21 heavy (non-hydrogen) atoms. The molecule has 0 spiro atoms. The fourth-order valence-corrected chi connectivity index (χ4v) is 2.56. The molecular weight excluding hydrogens is 262 g/mol. The van der Waals surface area contributed by atoms with Crippen LogP contribution in [0, 0.1) is 11.3 Å². The Labute approximate surface area is 126 Å². The molecule has 1 aromatic heterocycles. The Morgan fingerprint density at radius 3 is 2.71 bits per heavy atom. The zero-order valence-electron chi connectivity index (χ0n) is 13.1. The highest BCUT2D eigenvalue weighted by Crippen LogP contribution is 2.20. The minimum absolute atomic E-state index is 0.0736. The second-order valence-electron chi connectivity index (χ2n) is 5.46. The smallest absolute Gasteiger partial charge is 0.0947 e. The molecule has 0 saturated heterocycles. The Hall–Kier alpha value is -1.88. The number of hydrogen-bond donors (Lipinski definition) is 2. The van der Waals surface area contributed by atoms with Crippen LogP contribution >= 0.6 is 0 Å². The van der Waals surface area contributed by atoms with Gasteiger partial charge in [0.25, 0.3) is 0 Å². The van der Waals surface area contributed by atoms with Crippen molar-refractivity contribution in [1.29, 1.82) is 5.41 Å². The molecule has 0 bridgehead atoms. The average molecular weight is 287 g/mol. The van der Waals surface area contributed by atoms with Crippen LogP contribution in [0.1, 0.15) is 26.5 Å². The van der Waals surface area contributed by atoms with E-state index in [0.717, 1.165) is 31.9 Å². The molecule has 0 fully saturated rings. The third-order valence-electron chi connectivity index (χ3n) is 3.92. The number of nitrogens with zero attached hydrogens (tertiary/aromatic N) is 3. The van der Waals surface area contributed by atoms with Gasteiger partial charge in [0.05, 0.1) is 17.0 Å². The van der Waals surface area contributed by atoms with Crippen molar-refractivity contribution in [2.75, 3.05) is 13.1 Å². The zero-order valence-corrected chi connectivity index (χ0v) is 13.1. The van der Waals surface area contributed by atoms with Crippen LogP contribution in [0.25, 0.3) is 10.9 Å². The summed E-state index contributed by atoms with van der Waals surface area (Å²) in [6, 6.07) is 8.35. The van der Waals surface area contributed by atoms with E-state index in [1.165, 1.54) is 10.9 Å². The summed E-state index contributed by atoms with van der Waals surface area (Å²) in [7, 11) is 0. The zero-order chi connectivity index (χ0) is 15.4. The van der Waals surface area contributed by atoms with Crippen LogP contribution < -0.4 is 5.73 Å². The summed E-state index contributed by atoms with van der Waals surface area (Å²) in [5.74, 6) is 0.321. The largest absolute Gasteiger partial charge is 0.387 e. The lowest BCUT2D eigenvalue weighted by atomic mass is 10.1. The molecule has 0 saturated carbocycles. The van der Waals surface area contributed by atoms with Gasteiger partial charge in [-0.25, -0.2) is 0 Å². The van der Waals surface area contributed by atoms with Gasteiger partial charge >= 0.3 is 0 Å². The molecule has 0 radical (unpaired) electrons. The van der Waals surface area contributed by atoms with Crippen molar-refractivity contribution in [2.24, 2.45) is 11.7 Å². The van der Waals surface area contributed by atoms with Crippen molar-refractivity contribution in [3.8, 4) is 0 Å². The van der Waals surface area contributed by atoms with Crippen LogP contribution in [0.5, 0.6) is 0 Å². The lowest BCUT2D eigenvalue weighted by Gasteiger charge is -2.22. The molecule has 2 rings (SSSR count). The summed E-state index contributed by atoms with van der Waals surface area (Å²) in [4.78, 5) is 2.29. The quantitative estimate of drug-likeness (QED) is 0.607. The highest BCUT2D eigenvalue weighted by Gasteiger charge is 2.15. The Kier molecular flexibility index (Phi) is 4.96. The van der Waals surface area contributed by atoms with Crippen molar-refractivity contribution < 1.29 is 0 Å². The minimum atomic E-state index is 0.0736. The lowest BCUT2D eigenvalue weighted by molar-refractivity contribution is 0.260. The predicted octanol–water partition coefficient (Wildman–Crippen LogP) is 2.45. The summed E-state index contributed by atoms with van der Waals surface area (Å²) < 4.78 is 2.05. The number of nitrogens with one attached hydrogen (secondary N) is 1. The summed E-state index contributed by atoms with van der Waals surface area (Å²) in [5, 5.41) is 13.5. The molecule has 5 nitrogen and oxygen atoms in total. The molecule has 114 valence electrons. The third-order valence-corrected chi connectivity index (χ3v) is 3.92. The second kappa shape index (κ2) is 6.72. The van der Waals surface area contributed by atoms with Crippen LogP contribution in [0.15, 0.2) is 24.3 Å². The number of nitrogens with two attached hydrogens (primary N) is 1. The fourth-order valence-electron chi connectivity index (χ4n) is 2.56. The molecule has 3 N–H and O–H groups in total. The number of aromatic nitrogens is 2. The summed E-state index contributed by atoms with van der Waals surface area (Å²) in [5.41, 5.74) is 7.87. The number of benzene rings is 1. The molecule has 1 unspecified atom stereocenters. The molecule has 1 atom stereocenters. The van der Waals surface area contributed by atoms with Gasteiger partial charge in [-0.05, 0) is 19.5 Å². The molecule has 0 amide bonds. The number of amidine groups is 1. The first-order chi connectivity index (χ1) is 10.1. The topological polar surface area (TPSA) is 70.9 Å². The van der Waals surface area contributed by atoms with Crippen LogP contribution in [-0.2, 0) is 13.1 Å². The summed E-state index contributed by atoms with van der Waals surface area (Å²) in [6.07, 6.45) is 0. The molecule has 0 aliphatic carbocycles. The van der Waals surface area contributed by atoms with Gasteiger partial charge in [-0.2, -0.15) is 5.10 Å². The van der Waals surface area contributed by atoms with E-state index in [0.29, 0.717) is 0 Å². The highest BCUT2D eigenvalue weighted by atomic mass is 15.3. The van der Waals surface area contributed by atoms with Crippen molar-refractivity contribution in [3.63, 3.8) is 0 Å². The SMILES string of the molecule is CCN(Cc1nn(CC)c2ccccc12)CC(C)C(=N)N. The predicted molar refractivity (Wildman–Crippen MR) is 87.4 cm³/mol. The van der Waals surface area contributed by atoms with Gasteiger partial charge in [0.1, 0.15) is 0 Å². The van der Waals surface area contributed by atoms with Crippen LogP contribution in [-0.4, -0.2) is 33.6 Å². The van der Waals surface area contributed by atoms with E-state index in [1.807, 2.05) is 11.6 Å². The number of para-hydroxylation sites is 1. The Balaban J connectivity index is 2.23. The first-order valence-corrected chi connectivity index (χ1v) is 7.57. The highest BCUT2D eigenvalue weighted by molar-refractivity contribution is 5.82. The Morgan fingerprint density at radius 1 is 1.38 bits per heavy atom. The summed E-state index contributed by atoms with van der Waals surface area (Å²) in [6.45, 7) is 9.61. The average Bonchev–Trinajstić information content (AvgIpc) is 2.84. The molecule has 2 aromatic rings. The maximum atomic E-state index is 7.54. The van der Waals surface area contributed by atoms with Gasteiger partial charge in [-0.1, -0.05) is 32.0 Å². The van der Waals surface area contributed by atoms with Crippen molar-refractivity contribution in [2.45, 2.75) is 33.9 Å². The molecule has 5 heteroatoms. The van der Waals surface area contributed by atoms with Gasteiger partial charge in [-0.3, -0.25) is 15.0 Å².